The van der Waals surface area contributed by atoms with E-state index < -0.39 is 0 Å². The summed E-state index contributed by atoms with van der Waals surface area (Å²) in [5, 5.41) is 6.75. The molecular weight excluding hydrogens is 335 g/mol. The molecule has 4 nitrogen and oxygen atoms in total. The topological polar surface area (TPSA) is 41.0 Å². The molecule has 1 aromatic carbocycles. The van der Waals surface area contributed by atoms with Crippen molar-refractivity contribution in [3.8, 4) is 11.1 Å². The molecular formula is C19H21FN4S. The molecule has 1 aliphatic heterocycles. The number of nitrogens with one attached hydrogen (secondary N) is 1. The van der Waals surface area contributed by atoms with Crippen LogP contribution in [0.2, 0.25) is 0 Å². The number of hydrogen-bond donors (Lipinski definition) is 1. The Morgan fingerprint density at radius 1 is 1.20 bits per heavy atom. The summed E-state index contributed by atoms with van der Waals surface area (Å²) in [6.45, 7) is 5.57. The molecule has 0 saturated carbocycles. The molecule has 3 aromatic rings. The largest absolute Gasteiger partial charge is 0.367 e. The Morgan fingerprint density at radius 3 is 2.68 bits per heavy atom. The van der Waals surface area contributed by atoms with E-state index in [1.807, 2.05) is 12.1 Å². The van der Waals surface area contributed by atoms with E-state index >= 15 is 0 Å². The van der Waals surface area contributed by atoms with E-state index in [0.29, 0.717) is 6.04 Å². The highest BCUT2D eigenvalue weighted by molar-refractivity contribution is 7.17. The van der Waals surface area contributed by atoms with Crippen LogP contribution < -0.4 is 5.32 Å². The fourth-order valence-corrected chi connectivity index (χ4v) is 4.33. The standard InChI is InChI=1S/C19H21FN4S/c1-2-24-9-7-15(8-10-24)23-18-17-16(11-25-19(17)22-12-21-18)13-3-5-14(20)6-4-13/h3-6,11-12,15H,2,7-10H2,1H3,(H,21,22,23). The quantitative estimate of drug-likeness (QED) is 0.752. The highest BCUT2D eigenvalue weighted by atomic mass is 32.1. The number of hydrogen-bond acceptors (Lipinski definition) is 5. The molecule has 1 aliphatic rings. The fourth-order valence-electron chi connectivity index (χ4n) is 3.41. The van der Waals surface area contributed by atoms with Crippen molar-refractivity contribution in [2.45, 2.75) is 25.8 Å². The third kappa shape index (κ3) is 3.37. The summed E-state index contributed by atoms with van der Waals surface area (Å²) >= 11 is 1.60. The summed E-state index contributed by atoms with van der Waals surface area (Å²) in [6, 6.07) is 7.05. The van der Waals surface area contributed by atoms with E-state index in [2.05, 4.69) is 32.5 Å². The molecule has 0 atom stereocenters. The van der Waals surface area contributed by atoms with Crippen LogP contribution in [-0.2, 0) is 0 Å². The van der Waals surface area contributed by atoms with E-state index in [9.17, 15) is 4.39 Å². The van der Waals surface area contributed by atoms with Gasteiger partial charge >= 0.3 is 0 Å². The van der Waals surface area contributed by atoms with Crippen LogP contribution in [0.15, 0.2) is 36.0 Å². The van der Waals surface area contributed by atoms with Crippen molar-refractivity contribution in [1.29, 1.82) is 0 Å². The van der Waals surface area contributed by atoms with E-state index in [1.165, 1.54) is 12.1 Å². The zero-order valence-corrected chi connectivity index (χ0v) is 15.0. The molecule has 2 aromatic heterocycles. The Kier molecular flexibility index (Phi) is 4.63. The number of likely N-dealkylation sites (tertiary alicyclic amines) is 1. The summed E-state index contributed by atoms with van der Waals surface area (Å²) in [5.41, 5.74) is 2.06. The Bertz CT molecular complexity index is 853. The number of fused-ring (bicyclic) bond motifs is 1. The number of benzene rings is 1. The summed E-state index contributed by atoms with van der Waals surface area (Å²) in [6.07, 6.45) is 3.86. The second-order valence-corrected chi connectivity index (χ2v) is 7.27. The maximum absolute atomic E-state index is 13.3. The van der Waals surface area contributed by atoms with Gasteiger partial charge in [-0.3, -0.25) is 0 Å². The van der Waals surface area contributed by atoms with E-state index in [-0.39, 0.29) is 5.82 Å². The first-order valence-electron chi connectivity index (χ1n) is 8.71. The molecule has 4 rings (SSSR count). The molecule has 0 bridgehead atoms. The zero-order chi connectivity index (χ0) is 17.2. The minimum absolute atomic E-state index is 0.222. The molecule has 1 fully saturated rings. The van der Waals surface area contributed by atoms with Crippen molar-refractivity contribution in [3.05, 3.63) is 41.8 Å². The molecule has 0 radical (unpaired) electrons. The van der Waals surface area contributed by atoms with Gasteiger partial charge in [-0.25, -0.2) is 14.4 Å². The SMILES string of the molecule is CCN1CCC(Nc2ncnc3scc(-c4ccc(F)cc4)c23)CC1. The van der Waals surface area contributed by atoms with E-state index in [4.69, 9.17) is 0 Å². The molecule has 0 aliphatic carbocycles. The first kappa shape index (κ1) is 16.4. The highest BCUT2D eigenvalue weighted by Crippen LogP contribution is 2.37. The van der Waals surface area contributed by atoms with Gasteiger partial charge in [-0.1, -0.05) is 19.1 Å². The maximum atomic E-state index is 13.3. The Morgan fingerprint density at radius 2 is 1.96 bits per heavy atom. The smallest absolute Gasteiger partial charge is 0.139 e. The van der Waals surface area contributed by atoms with Crippen molar-refractivity contribution in [1.82, 2.24) is 14.9 Å². The van der Waals surface area contributed by atoms with Crippen LogP contribution in [0.1, 0.15) is 19.8 Å². The number of nitrogens with zero attached hydrogens (tertiary/aromatic N) is 3. The molecule has 1 saturated heterocycles. The lowest BCUT2D eigenvalue weighted by Crippen LogP contribution is -2.39. The lowest BCUT2D eigenvalue weighted by molar-refractivity contribution is 0.229. The van der Waals surface area contributed by atoms with Gasteiger partial charge in [0, 0.05) is 30.1 Å². The van der Waals surface area contributed by atoms with Gasteiger partial charge in [-0.15, -0.1) is 11.3 Å². The zero-order valence-electron chi connectivity index (χ0n) is 14.2. The normalized spacial score (nSPS) is 16.4. The van der Waals surface area contributed by atoms with Crippen LogP contribution in [-0.4, -0.2) is 40.5 Å². The lowest BCUT2D eigenvalue weighted by atomic mass is 10.0. The van der Waals surface area contributed by atoms with Crippen molar-refractivity contribution in [3.63, 3.8) is 0 Å². The van der Waals surface area contributed by atoms with Crippen LogP contribution in [0, 0.1) is 5.82 Å². The monoisotopic (exact) mass is 356 g/mol. The van der Waals surface area contributed by atoms with Crippen LogP contribution in [0.25, 0.3) is 21.3 Å². The molecule has 0 spiro atoms. The van der Waals surface area contributed by atoms with E-state index in [1.54, 1.807) is 17.7 Å². The van der Waals surface area contributed by atoms with Crippen molar-refractivity contribution < 1.29 is 4.39 Å². The first-order valence-corrected chi connectivity index (χ1v) is 9.59. The van der Waals surface area contributed by atoms with E-state index in [0.717, 1.165) is 59.6 Å². The fraction of sp³-hybridized carbons (Fsp3) is 0.368. The summed E-state index contributed by atoms with van der Waals surface area (Å²) in [4.78, 5) is 12.4. The molecule has 6 heteroatoms. The van der Waals surface area contributed by atoms with Crippen LogP contribution in [0.5, 0.6) is 0 Å². The highest BCUT2D eigenvalue weighted by Gasteiger charge is 2.20. The number of aromatic nitrogens is 2. The van der Waals surface area contributed by atoms with Gasteiger partial charge in [0.15, 0.2) is 0 Å². The Balaban J connectivity index is 1.65. The van der Waals surface area contributed by atoms with Crippen LogP contribution in [0.3, 0.4) is 0 Å². The Hall–Kier alpha value is -2.05. The van der Waals surface area contributed by atoms with Gasteiger partial charge in [0.05, 0.1) is 5.39 Å². The van der Waals surface area contributed by atoms with Gasteiger partial charge in [0.25, 0.3) is 0 Å². The average Bonchev–Trinajstić information content (AvgIpc) is 3.08. The van der Waals surface area contributed by atoms with Crippen molar-refractivity contribution in [2.75, 3.05) is 25.0 Å². The Labute approximate surface area is 150 Å². The van der Waals surface area contributed by atoms with Crippen LogP contribution >= 0.6 is 11.3 Å². The number of anilines is 1. The molecule has 3 heterocycles. The number of halogens is 1. The lowest BCUT2D eigenvalue weighted by Gasteiger charge is -2.31. The van der Waals surface area contributed by atoms with Gasteiger partial charge in [0.2, 0.25) is 0 Å². The predicted octanol–water partition coefficient (Wildman–Crippen LogP) is 4.39. The van der Waals surface area contributed by atoms with Gasteiger partial charge < -0.3 is 10.2 Å². The number of rotatable bonds is 4. The maximum Gasteiger partial charge on any atom is 0.139 e. The molecule has 0 amide bonds. The third-order valence-electron chi connectivity index (χ3n) is 4.90. The predicted molar refractivity (Wildman–Crippen MR) is 102 cm³/mol. The second-order valence-electron chi connectivity index (χ2n) is 6.41. The minimum Gasteiger partial charge on any atom is -0.367 e. The van der Waals surface area contributed by atoms with Crippen molar-refractivity contribution >= 4 is 27.4 Å². The molecule has 130 valence electrons. The summed E-state index contributed by atoms with van der Waals surface area (Å²) in [5.74, 6) is 0.668. The molecule has 0 unspecified atom stereocenters. The minimum atomic E-state index is -0.222. The summed E-state index contributed by atoms with van der Waals surface area (Å²) < 4.78 is 13.3. The van der Waals surface area contributed by atoms with Gasteiger partial charge in [0.1, 0.15) is 22.8 Å². The van der Waals surface area contributed by atoms with Crippen molar-refractivity contribution in [2.24, 2.45) is 0 Å². The van der Waals surface area contributed by atoms with Gasteiger partial charge in [-0.2, -0.15) is 0 Å². The van der Waals surface area contributed by atoms with Gasteiger partial charge in [-0.05, 0) is 37.1 Å². The third-order valence-corrected chi connectivity index (χ3v) is 5.79. The molecule has 25 heavy (non-hydrogen) atoms. The summed E-state index contributed by atoms with van der Waals surface area (Å²) in [7, 11) is 0. The average molecular weight is 356 g/mol. The molecule has 1 N–H and O–H groups in total. The number of piperidine rings is 1. The number of thiophene rings is 1. The first-order chi connectivity index (χ1) is 12.2. The second kappa shape index (κ2) is 7.06. The van der Waals surface area contributed by atoms with Crippen LogP contribution in [0.4, 0.5) is 10.2 Å².